The van der Waals surface area contributed by atoms with Gasteiger partial charge in [0, 0.05) is 18.1 Å². The third-order valence-electron chi connectivity index (χ3n) is 4.08. The Hall–Kier alpha value is -1.30. The van der Waals surface area contributed by atoms with Crippen molar-refractivity contribution in [2.45, 2.75) is 23.4 Å². The molecule has 0 radical (unpaired) electrons. The van der Waals surface area contributed by atoms with Crippen molar-refractivity contribution in [2.75, 3.05) is 17.8 Å². The molecule has 2 atom stereocenters. The van der Waals surface area contributed by atoms with Crippen LogP contribution in [0.3, 0.4) is 0 Å². The second-order valence-electron chi connectivity index (χ2n) is 5.92. The molecule has 0 amide bonds. The molecule has 0 aliphatic carbocycles. The van der Waals surface area contributed by atoms with E-state index in [9.17, 15) is 8.42 Å². The predicted molar refractivity (Wildman–Crippen MR) is 96.7 cm³/mol. The molecule has 122 valence electrons. The van der Waals surface area contributed by atoms with E-state index in [1.807, 2.05) is 42.1 Å². The average Bonchev–Trinajstić information content (AvgIpc) is 3.06. The molecule has 2 unspecified atom stereocenters. The van der Waals surface area contributed by atoms with E-state index < -0.39 is 9.84 Å². The fourth-order valence-electron chi connectivity index (χ4n) is 2.86. The summed E-state index contributed by atoms with van der Waals surface area (Å²) in [7, 11) is -3.20. The summed E-state index contributed by atoms with van der Waals surface area (Å²) in [6, 6.07) is 18.0. The van der Waals surface area contributed by atoms with E-state index >= 15 is 0 Å². The Morgan fingerprint density at radius 3 is 2.48 bits per heavy atom. The lowest BCUT2D eigenvalue weighted by Crippen LogP contribution is -2.33. The number of rotatable bonds is 5. The number of benzene rings is 2. The fourth-order valence-corrected chi connectivity index (χ4v) is 4.70. The lowest BCUT2D eigenvalue weighted by molar-refractivity contribution is 0.505. The third-order valence-corrected chi connectivity index (χ3v) is 6.36. The van der Waals surface area contributed by atoms with Gasteiger partial charge in [0.05, 0.1) is 10.9 Å². The maximum absolute atomic E-state index is 11.9. The molecule has 1 aliphatic rings. The van der Waals surface area contributed by atoms with Gasteiger partial charge in [0.15, 0.2) is 9.84 Å². The molecule has 3 nitrogen and oxygen atoms in total. The molecule has 0 saturated carbocycles. The Balaban J connectivity index is 1.97. The summed E-state index contributed by atoms with van der Waals surface area (Å²) in [6.45, 7) is 0. The van der Waals surface area contributed by atoms with E-state index in [1.165, 1.54) is 12.0 Å². The van der Waals surface area contributed by atoms with E-state index in [1.54, 1.807) is 12.1 Å². The molecule has 1 N–H and O–H groups in total. The molecule has 2 aromatic rings. The molecule has 23 heavy (non-hydrogen) atoms. The van der Waals surface area contributed by atoms with Crippen molar-refractivity contribution in [2.24, 2.45) is 0 Å². The van der Waals surface area contributed by atoms with Crippen LogP contribution in [0.1, 0.15) is 23.6 Å². The monoisotopic (exact) mass is 347 g/mol. The van der Waals surface area contributed by atoms with Gasteiger partial charge >= 0.3 is 0 Å². The zero-order valence-corrected chi connectivity index (χ0v) is 14.7. The van der Waals surface area contributed by atoms with E-state index in [4.69, 9.17) is 0 Å². The van der Waals surface area contributed by atoms with E-state index in [-0.39, 0.29) is 6.04 Å². The van der Waals surface area contributed by atoms with Crippen molar-refractivity contribution in [1.82, 2.24) is 5.32 Å². The molecule has 0 aromatic heterocycles. The van der Waals surface area contributed by atoms with Gasteiger partial charge in [0.2, 0.25) is 0 Å². The van der Waals surface area contributed by atoms with E-state index in [0.29, 0.717) is 10.9 Å². The second kappa shape index (κ2) is 7.07. The summed E-state index contributed by atoms with van der Waals surface area (Å²) in [4.78, 5) is 0.374. The van der Waals surface area contributed by atoms with E-state index in [2.05, 4.69) is 17.4 Å². The molecule has 1 saturated heterocycles. The van der Waals surface area contributed by atoms with Gasteiger partial charge in [-0.1, -0.05) is 42.5 Å². The quantitative estimate of drug-likeness (QED) is 0.902. The zero-order chi connectivity index (χ0) is 16.3. The number of thioether (sulfide) groups is 1. The lowest BCUT2D eigenvalue weighted by Gasteiger charge is -2.24. The molecule has 1 heterocycles. The molecule has 0 spiro atoms. The summed E-state index contributed by atoms with van der Waals surface area (Å²) in [5.41, 5.74) is 2.16. The van der Waals surface area contributed by atoms with Gasteiger partial charge in [0.1, 0.15) is 0 Å². The van der Waals surface area contributed by atoms with Gasteiger partial charge in [-0.3, -0.25) is 0 Å². The van der Waals surface area contributed by atoms with Crippen LogP contribution >= 0.6 is 11.8 Å². The van der Waals surface area contributed by atoms with Crippen LogP contribution in [0.4, 0.5) is 0 Å². The topological polar surface area (TPSA) is 46.2 Å². The normalized spacial score (nSPS) is 19.6. The Kier molecular flexibility index (Phi) is 5.09. The van der Waals surface area contributed by atoms with Crippen molar-refractivity contribution >= 4 is 21.6 Å². The maximum Gasteiger partial charge on any atom is 0.175 e. The zero-order valence-electron chi connectivity index (χ0n) is 13.1. The summed E-state index contributed by atoms with van der Waals surface area (Å²) in [5.74, 6) is 2.29. The fraction of sp³-hybridized carbons (Fsp3) is 0.333. The van der Waals surface area contributed by atoms with Crippen molar-refractivity contribution in [3.05, 3.63) is 65.7 Å². The van der Waals surface area contributed by atoms with Gasteiger partial charge in [-0.05, 0) is 35.4 Å². The highest BCUT2D eigenvalue weighted by Gasteiger charge is 2.22. The first-order valence-electron chi connectivity index (χ1n) is 7.73. The maximum atomic E-state index is 11.9. The molecule has 1 aliphatic heterocycles. The second-order valence-corrected chi connectivity index (χ2v) is 9.08. The first-order chi connectivity index (χ1) is 11.0. The summed E-state index contributed by atoms with van der Waals surface area (Å²) in [5, 5.41) is 3.71. The summed E-state index contributed by atoms with van der Waals surface area (Å²) >= 11 is 1.96. The number of nitrogens with one attached hydrogen (secondary N) is 1. The molecule has 2 aromatic carbocycles. The Bertz CT molecular complexity index is 754. The van der Waals surface area contributed by atoms with Crippen LogP contribution in [0.5, 0.6) is 0 Å². The number of sulfone groups is 1. The predicted octanol–water partition coefficient (Wildman–Crippen LogP) is 3.27. The average molecular weight is 348 g/mol. The van der Waals surface area contributed by atoms with Crippen LogP contribution in [0, 0.1) is 0 Å². The van der Waals surface area contributed by atoms with Crippen molar-refractivity contribution < 1.29 is 8.42 Å². The van der Waals surface area contributed by atoms with Gasteiger partial charge in [-0.25, -0.2) is 8.42 Å². The molecule has 5 heteroatoms. The highest BCUT2D eigenvalue weighted by Crippen LogP contribution is 2.27. The molecular formula is C18H21NO2S2. The highest BCUT2D eigenvalue weighted by molar-refractivity contribution is 7.99. The van der Waals surface area contributed by atoms with Gasteiger partial charge < -0.3 is 5.32 Å². The number of hydrogen-bond acceptors (Lipinski definition) is 4. The van der Waals surface area contributed by atoms with E-state index in [0.717, 1.165) is 23.3 Å². The first-order valence-corrected chi connectivity index (χ1v) is 10.8. The lowest BCUT2D eigenvalue weighted by atomic mass is 9.97. The summed E-state index contributed by atoms with van der Waals surface area (Å²) in [6.07, 6.45) is 2.41. The van der Waals surface area contributed by atoms with Gasteiger partial charge in [-0.2, -0.15) is 11.8 Å². The largest absolute Gasteiger partial charge is 0.303 e. The van der Waals surface area contributed by atoms with Crippen LogP contribution < -0.4 is 5.32 Å². The first kappa shape index (κ1) is 16.6. The number of hydrogen-bond donors (Lipinski definition) is 1. The van der Waals surface area contributed by atoms with Crippen molar-refractivity contribution in [3.63, 3.8) is 0 Å². The Morgan fingerprint density at radius 1 is 1.09 bits per heavy atom. The Morgan fingerprint density at radius 2 is 1.83 bits per heavy atom. The highest BCUT2D eigenvalue weighted by atomic mass is 32.2. The van der Waals surface area contributed by atoms with Crippen LogP contribution in [0.25, 0.3) is 0 Å². The Labute approximate surface area is 142 Å². The van der Waals surface area contributed by atoms with Crippen LogP contribution in [-0.2, 0) is 9.84 Å². The summed E-state index contributed by atoms with van der Waals surface area (Å²) < 4.78 is 23.7. The molecule has 3 rings (SSSR count). The van der Waals surface area contributed by atoms with Gasteiger partial charge in [0.25, 0.3) is 0 Å². The third kappa shape index (κ3) is 4.16. The van der Waals surface area contributed by atoms with Crippen LogP contribution in [0.2, 0.25) is 0 Å². The van der Waals surface area contributed by atoms with Crippen LogP contribution in [0.15, 0.2) is 59.5 Å². The smallest absolute Gasteiger partial charge is 0.175 e. The van der Waals surface area contributed by atoms with Crippen LogP contribution in [-0.4, -0.2) is 32.2 Å². The molecule has 0 bridgehead atoms. The van der Waals surface area contributed by atoms with Crippen molar-refractivity contribution in [1.29, 1.82) is 0 Å². The standard InChI is InChI=1S/C18H21NO2S2/c1-23(20,21)17-9-5-8-15(12-17)18(14-6-3-2-4-7-14)19-16-10-11-22-13-16/h2-9,12,16,18-19H,10-11,13H2,1H3. The molecule has 1 fully saturated rings. The van der Waals surface area contributed by atoms with Gasteiger partial charge in [-0.15, -0.1) is 0 Å². The minimum Gasteiger partial charge on any atom is -0.303 e. The van der Waals surface area contributed by atoms with Crippen molar-refractivity contribution in [3.8, 4) is 0 Å². The SMILES string of the molecule is CS(=O)(=O)c1cccc(C(NC2CCSC2)c2ccccc2)c1. The molecular weight excluding hydrogens is 326 g/mol. The minimum absolute atomic E-state index is 0.0154. The minimum atomic E-state index is -3.20.